The fourth-order valence-electron chi connectivity index (χ4n) is 2.75. The Bertz CT molecular complexity index is 743. The molecule has 2 aromatic carbocycles. The summed E-state index contributed by atoms with van der Waals surface area (Å²) in [5.74, 6) is 2.28. The Kier molecular flexibility index (Phi) is 8.66. The van der Waals surface area contributed by atoms with Gasteiger partial charge in [-0.2, -0.15) is 0 Å². The van der Waals surface area contributed by atoms with Gasteiger partial charge in [-0.25, -0.2) is 0 Å². The van der Waals surface area contributed by atoms with Crippen molar-refractivity contribution in [2.75, 3.05) is 19.8 Å². The molecule has 5 nitrogen and oxygen atoms in total. The van der Waals surface area contributed by atoms with Crippen molar-refractivity contribution in [3.05, 3.63) is 53.6 Å². The average Bonchev–Trinajstić information content (AvgIpc) is 2.68. The van der Waals surface area contributed by atoms with Crippen molar-refractivity contribution in [1.82, 2.24) is 5.32 Å². The monoisotopic (exact) mass is 385 g/mol. The maximum absolute atomic E-state index is 12.2. The number of hydrogen-bond acceptors (Lipinski definition) is 4. The molecule has 0 aliphatic carbocycles. The number of nitrogens with one attached hydrogen (secondary N) is 1. The summed E-state index contributed by atoms with van der Waals surface area (Å²) in [6.45, 7) is 9.46. The van der Waals surface area contributed by atoms with E-state index in [0.717, 1.165) is 22.8 Å². The van der Waals surface area contributed by atoms with Gasteiger partial charge in [0.2, 0.25) is 5.91 Å². The second-order valence-electron chi connectivity index (χ2n) is 6.74. The van der Waals surface area contributed by atoms with E-state index in [1.54, 1.807) is 0 Å². The zero-order valence-electron chi connectivity index (χ0n) is 17.3. The third-order valence-electron chi connectivity index (χ3n) is 4.18. The molecule has 0 fully saturated rings. The smallest absolute Gasteiger partial charge is 0.220 e. The minimum Gasteiger partial charge on any atom is -0.491 e. The molecule has 0 saturated heterocycles. The first-order valence-corrected chi connectivity index (χ1v) is 9.89. The minimum atomic E-state index is -0.0619. The first-order valence-electron chi connectivity index (χ1n) is 9.89. The predicted octanol–water partition coefficient (Wildman–Crippen LogP) is 4.31. The van der Waals surface area contributed by atoms with Crippen LogP contribution < -0.4 is 19.5 Å². The summed E-state index contributed by atoms with van der Waals surface area (Å²) in [6.07, 6.45) is 1.05. The van der Waals surface area contributed by atoms with Crippen LogP contribution in [-0.2, 0) is 11.2 Å². The number of aryl methyl sites for hydroxylation is 2. The minimum absolute atomic E-state index is 0.00634. The molecule has 1 N–H and O–H groups in total. The van der Waals surface area contributed by atoms with Crippen molar-refractivity contribution in [2.45, 2.75) is 46.6 Å². The molecule has 0 aromatic heterocycles. The van der Waals surface area contributed by atoms with Gasteiger partial charge in [-0.1, -0.05) is 23.8 Å². The third kappa shape index (κ3) is 7.14. The van der Waals surface area contributed by atoms with Crippen LogP contribution in [0.2, 0.25) is 0 Å². The Balaban J connectivity index is 1.79. The fourth-order valence-corrected chi connectivity index (χ4v) is 2.75. The Labute approximate surface area is 168 Å². The number of amides is 1. The topological polar surface area (TPSA) is 56.8 Å². The molecule has 2 aromatic rings. The lowest BCUT2D eigenvalue weighted by Gasteiger charge is -2.16. The van der Waals surface area contributed by atoms with Crippen molar-refractivity contribution in [3.8, 4) is 17.2 Å². The molecule has 0 spiro atoms. The molecule has 0 bridgehead atoms. The third-order valence-corrected chi connectivity index (χ3v) is 4.18. The number of carbonyl (C=O) groups excluding carboxylic acids is 1. The molecule has 5 heteroatoms. The van der Waals surface area contributed by atoms with Crippen molar-refractivity contribution in [3.63, 3.8) is 0 Å². The SMILES string of the molecule is CCOc1ccc(CCC(=O)N[C@@H](C)COc2ccc(C)cc2)cc1OCC. The van der Waals surface area contributed by atoms with Crippen LogP contribution >= 0.6 is 0 Å². The highest BCUT2D eigenvalue weighted by Gasteiger charge is 2.11. The summed E-state index contributed by atoms with van der Waals surface area (Å²) < 4.78 is 16.9. The number of hydrogen-bond donors (Lipinski definition) is 1. The van der Waals surface area contributed by atoms with Crippen LogP contribution in [-0.4, -0.2) is 31.8 Å². The van der Waals surface area contributed by atoms with E-state index >= 15 is 0 Å². The zero-order valence-corrected chi connectivity index (χ0v) is 17.3. The van der Waals surface area contributed by atoms with E-state index in [9.17, 15) is 4.79 Å². The van der Waals surface area contributed by atoms with Gasteiger partial charge in [0.15, 0.2) is 11.5 Å². The first kappa shape index (κ1) is 21.6. The van der Waals surface area contributed by atoms with Gasteiger partial charge in [0, 0.05) is 6.42 Å². The summed E-state index contributed by atoms with van der Waals surface area (Å²) in [5, 5.41) is 2.98. The largest absolute Gasteiger partial charge is 0.491 e. The molecule has 1 amide bonds. The first-order chi connectivity index (χ1) is 13.5. The van der Waals surface area contributed by atoms with Crippen LogP contribution in [0, 0.1) is 6.92 Å². The summed E-state index contributed by atoms with van der Waals surface area (Å²) >= 11 is 0. The van der Waals surface area contributed by atoms with Gasteiger partial charge in [-0.05, 0) is 63.9 Å². The molecule has 28 heavy (non-hydrogen) atoms. The maximum Gasteiger partial charge on any atom is 0.220 e. The Morgan fingerprint density at radius 2 is 1.64 bits per heavy atom. The van der Waals surface area contributed by atoms with Crippen LogP contribution in [0.4, 0.5) is 0 Å². The Hall–Kier alpha value is -2.69. The van der Waals surface area contributed by atoms with Gasteiger partial charge in [-0.15, -0.1) is 0 Å². The molecule has 2 rings (SSSR count). The van der Waals surface area contributed by atoms with Gasteiger partial charge >= 0.3 is 0 Å². The van der Waals surface area contributed by atoms with E-state index < -0.39 is 0 Å². The van der Waals surface area contributed by atoms with E-state index in [0.29, 0.717) is 32.7 Å². The molecular formula is C23H31NO4. The normalized spacial score (nSPS) is 11.6. The zero-order chi connectivity index (χ0) is 20.4. The highest BCUT2D eigenvalue weighted by atomic mass is 16.5. The van der Waals surface area contributed by atoms with Crippen molar-refractivity contribution < 1.29 is 19.0 Å². The molecule has 1 atom stereocenters. The van der Waals surface area contributed by atoms with Crippen LogP contribution in [0.15, 0.2) is 42.5 Å². The van der Waals surface area contributed by atoms with Gasteiger partial charge in [0.05, 0.1) is 19.3 Å². The summed E-state index contributed by atoms with van der Waals surface area (Å²) in [4.78, 5) is 12.2. The van der Waals surface area contributed by atoms with Crippen molar-refractivity contribution in [1.29, 1.82) is 0 Å². The van der Waals surface area contributed by atoms with Crippen LogP contribution in [0.5, 0.6) is 17.2 Å². The van der Waals surface area contributed by atoms with Crippen LogP contribution in [0.25, 0.3) is 0 Å². The maximum atomic E-state index is 12.2. The van der Waals surface area contributed by atoms with E-state index in [2.05, 4.69) is 5.32 Å². The Morgan fingerprint density at radius 3 is 2.32 bits per heavy atom. The number of carbonyl (C=O) groups is 1. The number of benzene rings is 2. The standard InChI is InChI=1S/C23H31NO4/c1-5-26-21-13-9-19(15-22(21)27-6-2)10-14-23(25)24-18(4)16-28-20-11-7-17(3)8-12-20/h7-9,11-13,15,18H,5-6,10,14,16H2,1-4H3,(H,24,25)/t18-/m0/s1. The predicted molar refractivity (Wildman–Crippen MR) is 111 cm³/mol. The average molecular weight is 386 g/mol. The molecule has 0 radical (unpaired) electrons. The highest BCUT2D eigenvalue weighted by molar-refractivity contribution is 5.76. The van der Waals surface area contributed by atoms with Gasteiger partial charge < -0.3 is 19.5 Å². The lowest BCUT2D eigenvalue weighted by Crippen LogP contribution is -2.36. The van der Waals surface area contributed by atoms with E-state index in [1.165, 1.54) is 5.56 Å². The van der Waals surface area contributed by atoms with E-state index in [1.807, 2.05) is 70.2 Å². The van der Waals surface area contributed by atoms with Gasteiger partial charge in [-0.3, -0.25) is 4.79 Å². The summed E-state index contributed by atoms with van der Waals surface area (Å²) in [6, 6.07) is 13.7. The molecule has 0 saturated carbocycles. The van der Waals surface area contributed by atoms with E-state index in [-0.39, 0.29) is 11.9 Å². The second kappa shape index (κ2) is 11.2. The fraction of sp³-hybridized carbons (Fsp3) is 0.435. The lowest BCUT2D eigenvalue weighted by atomic mass is 10.1. The van der Waals surface area contributed by atoms with Crippen molar-refractivity contribution >= 4 is 5.91 Å². The molecule has 0 unspecified atom stereocenters. The summed E-state index contributed by atoms with van der Waals surface area (Å²) in [7, 11) is 0. The van der Waals surface area contributed by atoms with Gasteiger partial charge in [0.25, 0.3) is 0 Å². The second-order valence-corrected chi connectivity index (χ2v) is 6.74. The van der Waals surface area contributed by atoms with Crippen molar-refractivity contribution in [2.24, 2.45) is 0 Å². The summed E-state index contributed by atoms with van der Waals surface area (Å²) in [5.41, 5.74) is 2.24. The lowest BCUT2D eigenvalue weighted by molar-refractivity contribution is -0.121. The quantitative estimate of drug-likeness (QED) is 0.626. The molecule has 0 heterocycles. The van der Waals surface area contributed by atoms with Crippen LogP contribution in [0.1, 0.15) is 38.3 Å². The molecule has 0 aliphatic heterocycles. The number of rotatable bonds is 11. The highest BCUT2D eigenvalue weighted by Crippen LogP contribution is 2.29. The Morgan fingerprint density at radius 1 is 0.964 bits per heavy atom. The number of ether oxygens (including phenoxy) is 3. The molecule has 152 valence electrons. The van der Waals surface area contributed by atoms with Gasteiger partial charge in [0.1, 0.15) is 12.4 Å². The molecule has 0 aliphatic rings. The molecular weight excluding hydrogens is 354 g/mol. The van der Waals surface area contributed by atoms with Crippen LogP contribution in [0.3, 0.4) is 0 Å². The van der Waals surface area contributed by atoms with E-state index in [4.69, 9.17) is 14.2 Å².